The minimum Gasteiger partial charge on any atom is -0.355 e. The number of hydrogen-bond donors (Lipinski definition) is 1. The number of nitrogens with zero attached hydrogens (tertiary/aromatic N) is 1. The summed E-state index contributed by atoms with van der Waals surface area (Å²) in [5, 5.41) is 1.36. The summed E-state index contributed by atoms with van der Waals surface area (Å²) >= 11 is 2.45. The van der Waals surface area contributed by atoms with Crippen LogP contribution in [0.2, 0.25) is 0 Å². The number of hydrogen-bond acceptors (Lipinski definition) is 1. The summed E-state index contributed by atoms with van der Waals surface area (Å²) in [6, 6.07) is 8.64. The van der Waals surface area contributed by atoms with Crippen LogP contribution < -0.4 is 0 Å². The van der Waals surface area contributed by atoms with Crippen LogP contribution >= 0.6 is 22.6 Å². The molecule has 0 bridgehead atoms. The van der Waals surface area contributed by atoms with Crippen molar-refractivity contribution in [3.05, 3.63) is 51.3 Å². The van der Waals surface area contributed by atoms with Gasteiger partial charge in [0.2, 0.25) is 0 Å². The van der Waals surface area contributed by atoms with Gasteiger partial charge in [0.05, 0.1) is 0 Å². The molecule has 0 radical (unpaired) electrons. The summed E-state index contributed by atoms with van der Waals surface area (Å²) < 4.78 is 1.41. The van der Waals surface area contributed by atoms with Crippen LogP contribution in [0, 0.1) is 0 Å². The largest absolute Gasteiger partial charge is 0.355 e. The zero-order valence-electron chi connectivity index (χ0n) is 12.6. The highest BCUT2D eigenvalue weighted by atomic mass is 127. The fourth-order valence-corrected chi connectivity index (χ4v) is 3.49. The van der Waals surface area contributed by atoms with Gasteiger partial charge in [-0.3, -0.25) is 4.90 Å². The van der Waals surface area contributed by atoms with E-state index < -0.39 is 0 Å². The van der Waals surface area contributed by atoms with Crippen LogP contribution in [0.5, 0.6) is 0 Å². The normalized spacial score (nSPS) is 19.8. The molecule has 1 aliphatic heterocycles. The molecule has 0 spiro atoms. The third kappa shape index (κ3) is 3.09. The summed E-state index contributed by atoms with van der Waals surface area (Å²) in [4.78, 5) is 6.16. The first-order valence-corrected chi connectivity index (χ1v) is 8.56. The zero-order valence-corrected chi connectivity index (χ0v) is 14.8. The lowest BCUT2D eigenvalue weighted by atomic mass is 10.0. The molecule has 21 heavy (non-hydrogen) atoms. The van der Waals surface area contributed by atoms with Crippen LogP contribution in [-0.2, 0) is 6.54 Å². The Morgan fingerprint density at radius 1 is 1.38 bits per heavy atom. The van der Waals surface area contributed by atoms with E-state index in [4.69, 9.17) is 0 Å². The maximum atomic E-state index is 3.61. The van der Waals surface area contributed by atoms with Gasteiger partial charge in [0.15, 0.2) is 0 Å². The summed E-state index contributed by atoms with van der Waals surface area (Å²) in [6.07, 6.45) is 5.69. The van der Waals surface area contributed by atoms with Crippen LogP contribution in [0.15, 0.2) is 40.0 Å². The number of rotatable bonds is 2. The van der Waals surface area contributed by atoms with E-state index in [9.17, 15) is 0 Å². The van der Waals surface area contributed by atoms with E-state index in [0.717, 1.165) is 26.1 Å². The fraction of sp³-hybridized carbons (Fsp3) is 0.333. The van der Waals surface area contributed by atoms with Crippen LogP contribution in [-0.4, -0.2) is 23.0 Å². The average Bonchev–Trinajstić information content (AvgIpc) is 2.84. The summed E-state index contributed by atoms with van der Waals surface area (Å²) in [5.41, 5.74) is 5.38. The number of nitrogens with one attached hydrogen (secondary N) is 1. The fourth-order valence-electron chi connectivity index (χ4n) is 3.01. The first-order valence-electron chi connectivity index (χ1n) is 7.49. The second-order valence-electron chi connectivity index (χ2n) is 5.65. The third-order valence-electron chi connectivity index (χ3n) is 4.17. The Kier molecular flexibility index (Phi) is 4.50. The molecule has 1 aliphatic rings. The van der Waals surface area contributed by atoms with E-state index >= 15 is 0 Å². The maximum absolute atomic E-state index is 3.61. The van der Waals surface area contributed by atoms with Gasteiger partial charge < -0.3 is 4.98 Å². The molecule has 2 heterocycles. The smallest absolute Gasteiger partial charge is 0.0463 e. The van der Waals surface area contributed by atoms with Gasteiger partial charge in [0.25, 0.3) is 0 Å². The molecule has 1 aromatic carbocycles. The monoisotopic (exact) mass is 392 g/mol. The lowest BCUT2D eigenvalue weighted by Crippen LogP contribution is -2.26. The molecule has 0 unspecified atom stereocenters. The predicted octanol–water partition coefficient (Wildman–Crippen LogP) is 5.12. The molecule has 1 N–H and O–H groups in total. The van der Waals surface area contributed by atoms with Crippen LogP contribution in [0.3, 0.4) is 0 Å². The SMILES string of the molecule is C/C=C(\I)CN1CC/C=C(/C)c2[nH]c3ccccc3c2C1. The molecule has 3 heteroatoms. The first-order chi connectivity index (χ1) is 10.2. The van der Waals surface area contributed by atoms with Gasteiger partial charge in [-0.2, -0.15) is 0 Å². The Balaban J connectivity index is 2.04. The lowest BCUT2D eigenvalue weighted by Gasteiger charge is -2.24. The number of H-pyrrole nitrogens is 1. The predicted molar refractivity (Wildman–Crippen MR) is 99.6 cm³/mol. The molecule has 110 valence electrons. The number of para-hydroxylation sites is 1. The van der Waals surface area contributed by atoms with Crippen molar-refractivity contribution in [3.63, 3.8) is 0 Å². The number of aromatic nitrogens is 1. The van der Waals surface area contributed by atoms with Crippen molar-refractivity contribution in [1.82, 2.24) is 9.88 Å². The topological polar surface area (TPSA) is 19.0 Å². The van der Waals surface area contributed by atoms with E-state index in [1.807, 2.05) is 0 Å². The van der Waals surface area contributed by atoms with E-state index in [-0.39, 0.29) is 0 Å². The van der Waals surface area contributed by atoms with Crippen LogP contribution in [0.1, 0.15) is 31.5 Å². The minimum absolute atomic E-state index is 1.02. The van der Waals surface area contributed by atoms with Crippen molar-refractivity contribution in [2.45, 2.75) is 26.8 Å². The minimum atomic E-state index is 1.02. The number of aromatic amines is 1. The standard InChI is InChI=1S/C18H21IN2/c1-3-14(19)11-21-10-6-7-13(2)18-16(12-21)15-8-4-5-9-17(15)20-18/h3-5,7-9,20H,6,10-12H2,1-2H3/b13-7-,14-3-. The zero-order chi connectivity index (χ0) is 14.8. The van der Waals surface area contributed by atoms with Gasteiger partial charge in [0, 0.05) is 39.8 Å². The molecule has 0 saturated carbocycles. The summed E-state index contributed by atoms with van der Waals surface area (Å²) in [5.74, 6) is 0. The molecule has 0 aliphatic carbocycles. The molecular formula is C18H21IN2. The van der Waals surface area contributed by atoms with Gasteiger partial charge in [-0.1, -0.05) is 30.4 Å². The lowest BCUT2D eigenvalue weighted by molar-refractivity contribution is 0.299. The second-order valence-corrected chi connectivity index (χ2v) is 7.03. The van der Waals surface area contributed by atoms with Crippen molar-refractivity contribution in [1.29, 1.82) is 0 Å². The first kappa shape index (κ1) is 14.9. The quantitative estimate of drug-likeness (QED) is 0.704. The molecule has 2 aromatic rings. The summed E-state index contributed by atoms with van der Waals surface area (Å²) in [7, 11) is 0. The Hall–Kier alpha value is -1.07. The third-order valence-corrected chi connectivity index (χ3v) is 5.14. The Morgan fingerprint density at radius 3 is 3.00 bits per heavy atom. The van der Waals surface area contributed by atoms with Gasteiger partial charge in [0.1, 0.15) is 0 Å². The average molecular weight is 392 g/mol. The molecule has 1 aromatic heterocycles. The summed E-state index contributed by atoms with van der Waals surface area (Å²) in [6.45, 7) is 7.52. The molecular weight excluding hydrogens is 371 g/mol. The molecule has 2 nitrogen and oxygen atoms in total. The van der Waals surface area contributed by atoms with Crippen LogP contribution in [0.4, 0.5) is 0 Å². The van der Waals surface area contributed by atoms with Crippen LogP contribution in [0.25, 0.3) is 16.5 Å². The highest BCUT2D eigenvalue weighted by Gasteiger charge is 2.18. The number of allylic oxidation sites excluding steroid dienone is 2. The number of benzene rings is 1. The van der Waals surface area contributed by atoms with Crippen molar-refractivity contribution in [2.75, 3.05) is 13.1 Å². The molecule has 0 saturated heterocycles. The maximum Gasteiger partial charge on any atom is 0.0463 e. The van der Waals surface area contributed by atoms with Gasteiger partial charge in [-0.15, -0.1) is 0 Å². The number of fused-ring (bicyclic) bond motifs is 3. The molecule has 3 rings (SSSR count). The van der Waals surface area contributed by atoms with Crippen molar-refractivity contribution in [3.8, 4) is 0 Å². The Morgan fingerprint density at radius 2 is 2.19 bits per heavy atom. The van der Waals surface area contributed by atoms with Crippen molar-refractivity contribution in [2.24, 2.45) is 0 Å². The Bertz CT molecular complexity index is 709. The highest BCUT2D eigenvalue weighted by Crippen LogP contribution is 2.30. The second kappa shape index (κ2) is 6.36. The van der Waals surface area contributed by atoms with Gasteiger partial charge in [-0.25, -0.2) is 0 Å². The molecule has 0 fully saturated rings. The Labute approximate surface area is 140 Å². The number of halogens is 1. The molecule has 0 amide bonds. The van der Waals surface area contributed by atoms with Gasteiger partial charge >= 0.3 is 0 Å². The van der Waals surface area contributed by atoms with Gasteiger partial charge in [-0.05, 0) is 60.1 Å². The van der Waals surface area contributed by atoms with E-state index in [1.165, 1.54) is 31.3 Å². The van der Waals surface area contributed by atoms with Crippen molar-refractivity contribution < 1.29 is 0 Å². The van der Waals surface area contributed by atoms with E-state index in [2.05, 4.69) is 82.7 Å². The highest BCUT2D eigenvalue weighted by molar-refractivity contribution is 14.1. The molecule has 0 atom stereocenters. The van der Waals surface area contributed by atoms with E-state index in [0.29, 0.717) is 0 Å². The van der Waals surface area contributed by atoms with Crippen molar-refractivity contribution >= 4 is 39.1 Å². The van der Waals surface area contributed by atoms with E-state index in [1.54, 1.807) is 0 Å².